The Hall–Kier alpha value is -0.960. The molecule has 118 valence electrons. The third kappa shape index (κ3) is 4.03. The van der Waals surface area contributed by atoms with Crippen molar-refractivity contribution in [2.75, 3.05) is 33.4 Å². The lowest BCUT2D eigenvalue weighted by Crippen LogP contribution is -2.43. The minimum Gasteiger partial charge on any atom is -0.383 e. The number of thiophene rings is 1. The summed E-state index contributed by atoms with van der Waals surface area (Å²) in [6.07, 6.45) is 1.12. The Morgan fingerprint density at radius 2 is 2.19 bits per heavy atom. The summed E-state index contributed by atoms with van der Waals surface area (Å²) in [4.78, 5) is 11.9. The lowest BCUT2D eigenvalue weighted by molar-refractivity contribution is -0.126. The molecule has 8 heteroatoms. The number of rotatable bonds is 6. The lowest BCUT2D eigenvalue weighted by atomic mass is 9.97. The number of hydrogen-bond donors (Lipinski definition) is 1. The molecule has 1 fully saturated rings. The first-order valence-corrected chi connectivity index (χ1v) is 9.18. The highest BCUT2D eigenvalue weighted by molar-refractivity contribution is 7.91. The number of nitrogens with one attached hydrogen (secondary N) is 1. The Bertz CT molecular complexity index is 549. The highest BCUT2D eigenvalue weighted by atomic mass is 32.2. The molecule has 21 heavy (non-hydrogen) atoms. The quantitative estimate of drug-likeness (QED) is 0.786. The largest absolute Gasteiger partial charge is 0.383 e. The molecule has 1 saturated heterocycles. The van der Waals surface area contributed by atoms with Crippen molar-refractivity contribution < 1.29 is 17.9 Å². The second-order valence-electron chi connectivity index (χ2n) is 4.89. The van der Waals surface area contributed by atoms with Gasteiger partial charge < -0.3 is 10.1 Å². The Kier molecular flexibility index (Phi) is 5.74. The minimum atomic E-state index is -3.39. The molecule has 0 unspecified atom stereocenters. The lowest BCUT2D eigenvalue weighted by Gasteiger charge is -2.30. The van der Waals surface area contributed by atoms with Gasteiger partial charge in [0.25, 0.3) is 10.0 Å². The van der Waals surface area contributed by atoms with Gasteiger partial charge in [-0.05, 0) is 24.3 Å². The van der Waals surface area contributed by atoms with Crippen LogP contribution in [0.1, 0.15) is 12.8 Å². The molecule has 1 aromatic rings. The molecule has 0 atom stereocenters. The topological polar surface area (TPSA) is 75.7 Å². The summed E-state index contributed by atoms with van der Waals surface area (Å²) in [5.41, 5.74) is 0. The molecule has 6 nitrogen and oxygen atoms in total. The average Bonchev–Trinajstić information content (AvgIpc) is 3.02. The maximum absolute atomic E-state index is 12.4. The summed E-state index contributed by atoms with van der Waals surface area (Å²) in [7, 11) is -1.81. The molecular formula is C13H20N2O4S2. The molecule has 0 bridgehead atoms. The molecular weight excluding hydrogens is 312 g/mol. The first kappa shape index (κ1) is 16.4. The zero-order chi connectivity index (χ0) is 15.3. The van der Waals surface area contributed by atoms with Crippen LogP contribution in [0.2, 0.25) is 0 Å². The fourth-order valence-corrected chi connectivity index (χ4v) is 4.93. The molecule has 1 aliphatic rings. The Morgan fingerprint density at radius 1 is 1.48 bits per heavy atom. The summed E-state index contributed by atoms with van der Waals surface area (Å²) in [5, 5.41) is 4.56. The van der Waals surface area contributed by atoms with Crippen molar-refractivity contribution in [3.63, 3.8) is 0 Å². The number of nitrogens with zero attached hydrogens (tertiary/aromatic N) is 1. The third-order valence-electron chi connectivity index (χ3n) is 3.52. The van der Waals surface area contributed by atoms with Crippen LogP contribution in [0.15, 0.2) is 21.7 Å². The van der Waals surface area contributed by atoms with E-state index >= 15 is 0 Å². The van der Waals surface area contributed by atoms with Crippen LogP contribution in [0.25, 0.3) is 0 Å². The molecule has 0 spiro atoms. The van der Waals surface area contributed by atoms with Crippen LogP contribution >= 0.6 is 11.3 Å². The summed E-state index contributed by atoms with van der Waals surface area (Å²) in [6.45, 7) is 1.76. The molecule has 1 aromatic heterocycles. The monoisotopic (exact) mass is 332 g/mol. The van der Waals surface area contributed by atoms with Gasteiger partial charge >= 0.3 is 0 Å². The molecule has 2 heterocycles. The van der Waals surface area contributed by atoms with E-state index in [4.69, 9.17) is 4.74 Å². The Labute approximate surface area is 129 Å². The fraction of sp³-hybridized carbons (Fsp3) is 0.615. The van der Waals surface area contributed by atoms with Crippen LogP contribution in [-0.4, -0.2) is 52.0 Å². The van der Waals surface area contributed by atoms with Gasteiger partial charge in [0.15, 0.2) is 0 Å². The van der Waals surface area contributed by atoms with Gasteiger partial charge in [0.2, 0.25) is 5.91 Å². The predicted molar refractivity (Wildman–Crippen MR) is 80.7 cm³/mol. The Morgan fingerprint density at radius 3 is 2.76 bits per heavy atom. The van der Waals surface area contributed by atoms with E-state index in [1.165, 1.54) is 15.6 Å². The van der Waals surface area contributed by atoms with Crippen molar-refractivity contribution in [3.8, 4) is 0 Å². The van der Waals surface area contributed by atoms with Crippen LogP contribution < -0.4 is 5.32 Å². The molecule has 0 aromatic carbocycles. The van der Waals surface area contributed by atoms with Crippen molar-refractivity contribution in [2.45, 2.75) is 17.1 Å². The summed E-state index contributed by atoms with van der Waals surface area (Å²) in [6, 6.07) is 3.34. The highest BCUT2D eigenvalue weighted by Crippen LogP contribution is 2.26. The van der Waals surface area contributed by atoms with E-state index in [1.54, 1.807) is 24.6 Å². The van der Waals surface area contributed by atoms with E-state index < -0.39 is 10.0 Å². The second kappa shape index (κ2) is 7.35. The first-order chi connectivity index (χ1) is 10.1. The fourth-order valence-electron chi connectivity index (χ4n) is 2.32. The van der Waals surface area contributed by atoms with Crippen molar-refractivity contribution in [1.29, 1.82) is 0 Å². The number of amides is 1. The van der Waals surface area contributed by atoms with E-state index in [-0.39, 0.29) is 11.8 Å². The Balaban J connectivity index is 1.87. The van der Waals surface area contributed by atoms with Gasteiger partial charge in [-0.1, -0.05) is 6.07 Å². The van der Waals surface area contributed by atoms with E-state index in [9.17, 15) is 13.2 Å². The van der Waals surface area contributed by atoms with Crippen molar-refractivity contribution >= 4 is 27.3 Å². The van der Waals surface area contributed by atoms with Gasteiger partial charge in [0, 0.05) is 32.7 Å². The summed E-state index contributed by atoms with van der Waals surface area (Å²) in [5.74, 6) is -0.128. The maximum Gasteiger partial charge on any atom is 0.252 e. The number of methoxy groups -OCH3 is 1. The number of hydrogen-bond acceptors (Lipinski definition) is 5. The SMILES string of the molecule is COCCNC(=O)C1CCN(S(=O)(=O)c2cccs2)CC1. The minimum absolute atomic E-state index is 0.0137. The smallest absolute Gasteiger partial charge is 0.252 e. The normalized spacial score (nSPS) is 17.8. The van der Waals surface area contributed by atoms with Gasteiger partial charge in [-0.2, -0.15) is 4.31 Å². The zero-order valence-corrected chi connectivity index (χ0v) is 13.6. The summed E-state index contributed by atoms with van der Waals surface area (Å²) >= 11 is 1.22. The first-order valence-electron chi connectivity index (χ1n) is 6.86. The van der Waals surface area contributed by atoms with Crippen molar-refractivity contribution in [3.05, 3.63) is 17.5 Å². The highest BCUT2D eigenvalue weighted by Gasteiger charge is 2.32. The summed E-state index contributed by atoms with van der Waals surface area (Å²) < 4.78 is 31.4. The van der Waals surface area contributed by atoms with E-state index in [0.717, 1.165) is 0 Å². The zero-order valence-electron chi connectivity index (χ0n) is 11.9. The van der Waals surface area contributed by atoms with Crippen molar-refractivity contribution in [2.24, 2.45) is 5.92 Å². The number of ether oxygens (including phenoxy) is 1. The molecule has 2 rings (SSSR count). The average molecular weight is 332 g/mol. The second-order valence-corrected chi connectivity index (χ2v) is 8.01. The number of piperidine rings is 1. The maximum atomic E-state index is 12.4. The standard InChI is InChI=1S/C13H20N2O4S2/c1-19-9-6-14-13(16)11-4-7-15(8-5-11)21(17,18)12-3-2-10-20-12/h2-3,10-11H,4-9H2,1H3,(H,14,16). The number of sulfonamides is 1. The van der Waals surface area contributed by atoms with Crippen LogP contribution in [0.5, 0.6) is 0 Å². The van der Waals surface area contributed by atoms with Crippen LogP contribution in [0, 0.1) is 5.92 Å². The molecule has 1 amide bonds. The molecule has 1 aliphatic heterocycles. The van der Waals surface area contributed by atoms with Gasteiger partial charge in [-0.25, -0.2) is 8.42 Å². The third-order valence-corrected chi connectivity index (χ3v) is 6.79. The van der Waals surface area contributed by atoms with Crippen LogP contribution in [-0.2, 0) is 19.6 Å². The van der Waals surface area contributed by atoms with Gasteiger partial charge in [-0.15, -0.1) is 11.3 Å². The van der Waals surface area contributed by atoms with Crippen molar-refractivity contribution in [1.82, 2.24) is 9.62 Å². The van der Waals surface area contributed by atoms with Gasteiger partial charge in [-0.3, -0.25) is 4.79 Å². The predicted octanol–water partition coefficient (Wildman–Crippen LogP) is 0.911. The van der Waals surface area contributed by atoms with Gasteiger partial charge in [0.1, 0.15) is 4.21 Å². The van der Waals surface area contributed by atoms with E-state index in [2.05, 4.69) is 5.32 Å². The molecule has 0 radical (unpaired) electrons. The molecule has 1 N–H and O–H groups in total. The molecule has 0 saturated carbocycles. The molecule has 0 aliphatic carbocycles. The van der Waals surface area contributed by atoms with Gasteiger partial charge in [0.05, 0.1) is 6.61 Å². The number of carbonyl (C=O) groups excluding carboxylic acids is 1. The number of carbonyl (C=O) groups is 1. The van der Waals surface area contributed by atoms with E-state index in [0.29, 0.717) is 43.3 Å². The van der Waals surface area contributed by atoms with Crippen LogP contribution in [0.3, 0.4) is 0 Å². The van der Waals surface area contributed by atoms with Crippen LogP contribution in [0.4, 0.5) is 0 Å². The van der Waals surface area contributed by atoms with E-state index in [1.807, 2.05) is 0 Å².